The lowest BCUT2D eigenvalue weighted by Gasteiger charge is -2.26. The van der Waals surface area contributed by atoms with Crippen LogP contribution in [0.5, 0.6) is 0 Å². The molecule has 0 bridgehead atoms. The molecule has 0 aliphatic carbocycles. The van der Waals surface area contributed by atoms with Gasteiger partial charge in [-0.25, -0.2) is 4.79 Å². The zero-order valence-corrected chi connectivity index (χ0v) is 22.1. The number of aliphatic hydroxyl groups excluding tert-OH is 1. The number of benzene rings is 1. The van der Waals surface area contributed by atoms with Crippen LogP contribution in [0.4, 0.5) is 0 Å². The standard InChI is InChI=1S/C26H37N5O8/c1-13(2)10-17(27)23(35)30-20(11-15-12-28-18-7-5-4-6-16(15)18)24(36)31-22(14(3)32)25(37)29-19(26(38)39)8-9-21(33)34/h4-7,12-14,17,19-20,22,28,32H,8-11,27H2,1-3H3,(H,29,37)(H,30,35)(H,31,36)(H,33,34)(H,38,39). The number of nitrogens with one attached hydrogen (secondary N) is 4. The molecular weight excluding hydrogens is 510 g/mol. The number of aliphatic carboxylic acids is 2. The van der Waals surface area contributed by atoms with Gasteiger partial charge in [0.15, 0.2) is 0 Å². The molecule has 1 aromatic carbocycles. The number of hydrogen-bond donors (Lipinski definition) is 8. The van der Waals surface area contributed by atoms with Crippen molar-refractivity contribution < 1.29 is 39.3 Å². The van der Waals surface area contributed by atoms with E-state index in [1.165, 1.54) is 6.92 Å². The van der Waals surface area contributed by atoms with Gasteiger partial charge in [-0.1, -0.05) is 32.0 Å². The monoisotopic (exact) mass is 547 g/mol. The van der Waals surface area contributed by atoms with Gasteiger partial charge in [-0.2, -0.15) is 0 Å². The highest BCUT2D eigenvalue weighted by Gasteiger charge is 2.33. The van der Waals surface area contributed by atoms with Crippen LogP contribution < -0.4 is 21.7 Å². The summed E-state index contributed by atoms with van der Waals surface area (Å²) in [4.78, 5) is 64.5. The number of amides is 3. The van der Waals surface area contributed by atoms with Crippen LogP contribution >= 0.6 is 0 Å². The largest absolute Gasteiger partial charge is 0.481 e. The summed E-state index contributed by atoms with van der Waals surface area (Å²) in [6.07, 6.45) is -0.263. The Kier molecular flexibility index (Phi) is 11.4. The number of aliphatic hydroxyl groups is 1. The van der Waals surface area contributed by atoms with Crippen LogP contribution in [-0.2, 0) is 30.4 Å². The van der Waals surface area contributed by atoms with Crippen molar-refractivity contribution in [1.82, 2.24) is 20.9 Å². The Morgan fingerprint density at radius 1 is 0.923 bits per heavy atom. The Balaban J connectivity index is 2.27. The van der Waals surface area contributed by atoms with Gasteiger partial charge in [0.25, 0.3) is 0 Å². The number of aromatic nitrogens is 1. The van der Waals surface area contributed by atoms with Crippen molar-refractivity contribution >= 4 is 40.6 Å². The number of fused-ring (bicyclic) bond motifs is 1. The topological polar surface area (TPSA) is 224 Å². The number of carboxylic acids is 2. The van der Waals surface area contributed by atoms with Crippen molar-refractivity contribution in [2.45, 2.75) is 76.7 Å². The summed E-state index contributed by atoms with van der Waals surface area (Å²) in [5.74, 6) is -4.99. The molecule has 2 rings (SSSR count). The summed E-state index contributed by atoms with van der Waals surface area (Å²) in [7, 11) is 0. The molecule has 5 atom stereocenters. The molecule has 5 unspecified atom stereocenters. The fraction of sp³-hybridized carbons (Fsp3) is 0.500. The van der Waals surface area contributed by atoms with Crippen LogP contribution in [0.2, 0.25) is 0 Å². The second-order valence-corrected chi connectivity index (χ2v) is 9.92. The van der Waals surface area contributed by atoms with Crippen molar-refractivity contribution in [2.75, 3.05) is 0 Å². The van der Waals surface area contributed by atoms with Crippen LogP contribution in [0.3, 0.4) is 0 Å². The first-order valence-corrected chi connectivity index (χ1v) is 12.6. The number of carbonyl (C=O) groups is 5. The molecular formula is C26H37N5O8. The molecule has 39 heavy (non-hydrogen) atoms. The number of hydrogen-bond acceptors (Lipinski definition) is 7. The summed E-state index contributed by atoms with van der Waals surface area (Å²) < 4.78 is 0. The van der Waals surface area contributed by atoms with Gasteiger partial charge in [0.1, 0.15) is 18.1 Å². The van der Waals surface area contributed by atoms with Crippen molar-refractivity contribution in [1.29, 1.82) is 0 Å². The highest BCUT2D eigenvalue weighted by molar-refractivity contribution is 5.95. The van der Waals surface area contributed by atoms with E-state index in [2.05, 4.69) is 20.9 Å². The smallest absolute Gasteiger partial charge is 0.326 e. The average Bonchev–Trinajstić information content (AvgIpc) is 3.26. The lowest BCUT2D eigenvalue weighted by Crippen LogP contribution is -2.60. The molecule has 13 heteroatoms. The second kappa shape index (κ2) is 14.3. The quantitative estimate of drug-likeness (QED) is 0.148. The molecule has 3 amide bonds. The minimum absolute atomic E-state index is 0.0283. The van der Waals surface area contributed by atoms with E-state index in [0.29, 0.717) is 12.0 Å². The first kappa shape index (κ1) is 31.2. The van der Waals surface area contributed by atoms with Crippen molar-refractivity contribution in [3.63, 3.8) is 0 Å². The number of H-pyrrole nitrogens is 1. The van der Waals surface area contributed by atoms with E-state index >= 15 is 0 Å². The van der Waals surface area contributed by atoms with E-state index in [9.17, 15) is 34.2 Å². The van der Waals surface area contributed by atoms with E-state index in [1.807, 2.05) is 38.1 Å². The number of rotatable bonds is 15. The molecule has 214 valence electrons. The van der Waals surface area contributed by atoms with Gasteiger partial charge in [-0.3, -0.25) is 19.2 Å². The van der Waals surface area contributed by atoms with Crippen LogP contribution in [0.1, 0.15) is 45.6 Å². The summed E-state index contributed by atoms with van der Waals surface area (Å²) in [6, 6.07) is 2.14. The van der Waals surface area contributed by atoms with Gasteiger partial charge in [0.2, 0.25) is 17.7 Å². The zero-order valence-electron chi connectivity index (χ0n) is 22.1. The maximum atomic E-state index is 13.4. The van der Waals surface area contributed by atoms with Gasteiger partial charge < -0.3 is 42.0 Å². The van der Waals surface area contributed by atoms with E-state index in [4.69, 9.17) is 10.8 Å². The van der Waals surface area contributed by atoms with E-state index in [0.717, 1.165) is 10.9 Å². The normalized spacial score (nSPS) is 15.1. The van der Waals surface area contributed by atoms with Crippen molar-refractivity contribution in [3.8, 4) is 0 Å². The van der Waals surface area contributed by atoms with E-state index < -0.39 is 72.8 Å². The van der Waals surface area contributed by atoms with Gasteiger partial charge >= 0.3 is 11.9 Å². The lowest BCUT2D eigenvalue weighted by molar-refractivity contribution is -0.144. The van der Waals surface area contributed by atoms with Crippen molar-refractivity contribution in [3.05, 3.63) is 36.0 Å². The Hall–Kier alpha value is -3.97. The molecule has 0 radical (unpaired) electrons. The highest BCUT2D eigenvalue weighted by Crippen LogP contribution is 2.19. The van der Waals surface area contributed by atoms with Crippen LogP contribution in [0, 0.1) is 5.92 Å². The summed E-state index contributed by atoms with van der Waals surface area (Å²) in [6.45, 7) is 5.02. The highest BCUT2D eigenvalue weighted by atomic mass is 16.4. The molecule has 1 aromatic heterocycles. The van der Waals surface area contributed by atoms with E-state index in [-0.39, 0.29) is 12.3 Å². The predicted octanol–water partition coefficient (Wildman–Crippen LogP) is -0.132. The number of aromatic amines is 1. The third-order valence-electron chi connectivity index (χ3n) is 6.12. The SMILES string of the molecule is CC(C)CC(N)C(=O)NC(Cc1c[nH]c2ccccc12)C(=O)NC(C(=O)NC(CCC(=O)O)C(=O)O)C(C)O. The summed E-state index contributed by atoms with van der Waals surface area (Å²) in [5.41, 5.74) is 7.54. The lowest BCUT2D eigenvalue weighted by atomic mass is 10.0. The third kappa shape index (κ3) is 9.37. The molecule has 13 nitrogen and oxygen atoms in total. The van der Waals surface area contributed by atoms with Crippen molar-refractivity contribution in [2.24, 2.45) is 11.7 Å². The predicted molar refractivity (Wildman–Crippen MR) is 141 cm³/mol. The van der Waals surface area contributed by atoms with Gasteiger partial charge in [0.05, 0.1) is 12.1 Å². The molecule has 1 heterocycles. The maximum Gasteiger partial charge on any atom is 0.326 e. The molecule has 0 saturated heterocycles. The Bertz CT molecular complexity index is 1180. The molecule has 0 fully saturated rings. The Morgan fingerprint density at radius 3 is 2.15 bits per heavy atom. The van der Waals surface area contributed by atoms with Crippen LogP contribution in [-0.4, -0.2) is 80.2 Å². The zero-order chi connectivity index (χ0) is 29.3. The fourth-order valence-electron chi connectivity index (χ4n) is 4.07. The molecule has 0 aliphatic rings. The fourth-order valence-corrected chi connectivity index (χ4v) is 4.07. The van der Waals surface area contributed by atoms with Crippen LogP contribution in [0.25, 0.3) is 10.9 Å². The van der Waals surface area contributed by atoms with E-state index in [1.54, 1.807) is 6.20 Å². The molecule has 0 aliphatic heterocycles. The molecule has 0 saturated carbocycles. The summed E-state index contributed by atoms with van der Waals surface area (Å²) >= 11 is 0. The third-order valence-corrected chi connectivity index (χ3v) is 6.12. The molecule has 0 spiro atoms. The number of carbonyl (C=O) groups excluding carboxylic acids is 3. The number of para-hydroxylation sites is 1. The van der Waals surface area contributed by atoms with Gasteiger partial charge in [0, 0.05) is 29.9 Å². The first-order valence-electron chi connectivity index (χ1n) is 12.6. The minimum Gasteiger partial charge on any atom is -0.481 e. The Morgan fingerprint density at radius 2 is 1.56 bits per heavy atom. The minimum atomic E-state index is -1.59. The second-order valence-electron chi connectivity index (χ2n) is 9.92. The molecule has 9 N–H and O–H groups in total. The van der Waals surface area contributed by atoms with Crippen LogP contribution in [0.15, 0.2) is 30.5 Å². The number of nitrogens with two attached hydrogens (primary N) is 1. The average molecular weight is 548 g/mol. The van der Waals surface area contributed by atoms with Gasteiger partial charge in [-0.05, 0) is 37.3 Å². The molecule has 2 aromatic rings. The summed E-state index contributed by atoms with van der Waals surface area (Å²) in [5, 5.41) is 36.4. The maximum absolute atomic E-state index is 13.4. The van der Waals surface area contributed by atoms with Gasteiger partial charge in [-0.15, -0.1) is 0 Å². The first-order chi connectivity index (χ1) is 18.3. The number of carboxylic acid groups (broad SMARTS) is 2. The Labute approximate surface area is 225 Å².